The molecular weight excluding hydrogens is 210 g/mol. The normalized spacial score (nSPS) is 21.5. The molecule has 0 aromatic carbocycles. The lowest BCUT2D eigenvalue weighted by atomic mass is 9.95. The SMILES string of the molecule is CC(C)(C)c1nc(Cl)c2n1CC(N)CC2. The smallest absolute Gasteiger partial charge is 0.150 e. The number of imidazole rings is 1. The summed E-state index contributed by atoms with van der Waals surface area (Å²) < 4.78 is 2.20. The van der Waals surface area contributed by atoms with E-state index in [1.54, 1.807) is 0 Å². The zero-order valence-electron chi connectivity index (χ0n) is 9.55. The van der Waals surface area contributed by atoms with Gasteiger partial charge in [-0.1, -0.05) is 32.4 Å². The van der Waals surface area contributed by atoms with Gasteiger partial charge in [0.15, 0.2) is 5.15 Å². The summed E-state index contributed by atoms with van der Waals surface area (Å²) in [6.45, 7) is 7.30. The van der Waals surface area contributed by atoms with Crippen LogP contribution in [0.1, 0.15) is 38.7 Å². The molecule has 2 heterocycles. The highest BCUT2D eigenvalue weighted by Gasteiger charge is 2.28. The third-order valence-corrected chi connectivity index (χ3v) is 3.17. The maximum atomic E-state index is 6.14. The van der Waals surface area contributed by atoms with Crippen molar-refractivity contribution in [1.82, 2.24) is 9.55 Å². The van der Waals surface area contributed by atoms with E-state index in [4.69, 9.17) is 17.3 Å². The Kier molecular flexibility index (Phi) is 2.55. The topological polar surface area (TPSA) is 43.8 Å². The summed E-state index contributed by atoms with van der Waals surface area (Å²) in [6, 6.07) is 0.240. The van der Waals surface area contributed by atoms with Crippen LogP contribution in [0, 0.1) is 0 Å². The molecule has 1 aliphatic rings. The van der Waals surface area contributed by atoms with E-state index in [2.05, 4.69) is 30.3 Å². The molecule has 0 saturated carbocycles. The molecule has 0 fully saturated rings. The van der Waals surface area contributed by atoms with Gasteiger partial charge >= 0.3 is 0 Å². The summed E-state index contributed by atoms with van der Waals surface area (Å²) in [4.78, 5) is 4.47. The van der Waals surface area contributed by atoms with Crippen molar-refractivity contribution in [2.45, 2.75) is 51.6 Å². The molecule has 0 spiro atoms. The molecule has 2 N–H and O–H groups in total. The Balaban J connectivity index is 2.50. The molecule has 0 radical (unpaired) electrons. The predicted octanol–water partition coefficient (Wildman–Crippen LogP) is 2.11. The number of hydrogen-bond acceptors (Lipinski definition) is 2. The molecule has 0 saturated heterocycles. The average molecular weight is 228 g/mol. The first-order chi connectivity index (χ1) is 6.89. The van der Waals surface area contributed by atoms with E-state index in [1.165, 1.54) is 0 Å². The Labute approximate surface area is 95.6 Å². The molecule has 1 aliphatic heterocycles. The zero-order chi connectivity index (χ0) is 11.2. The molecule has 1 aromatic heterocycles. The molecule has 1 atom stereocenters. The van der Waals surface area contributed by atoms with Gasteiger partial charge in [0, 0.05) is 18.0 Å². The molecule has 1 aromatic rings. The quantitative estimate of drug-likeness (QED) is 0.738. The number of nitrogens with two attached hydrogens (primary N) is 1. The van der Waals surface area contributed by atoms with Crippen LogP contribution in [0.15, 0.2) is 0 Å². The standard InChI is InChI=1S/C11H18ClN3/c1-11(2,3)10-14-9(12)8-5-4-7(13)6-15(8)10/h7H,4-6,13H2,1-3H3. The lowest BCUT2D eigenvalue weighted by Gasteiger charge is -2.26. The molecular formula is C11H18ClN3. The Morgan fingerprint density at radius 1 is 1.47 bits per heavy atom. The molecule has 2 rings (SSSR count). The summed E-state index contributed by atoms with van der Waals surface area (Å²) in [5.74, 6) is 1.05. The molecule has 4 heteroatoms. The van der Waals surface area contributed by atoms with Crippen molar-refractivity contribution in [2.24, 2.45) is 5.73 Å². The van der Waals surface area contributed by atoms with Crippen LogP contribution >= 0.6 is 11.6 Å². The highest BCUT2D eigenvalue weighted by atomic mass is 35.5. The van der Waals surface area contributed by atoms with Crippen LogP contribution in [0.25, 0.3) is 0 Å². The Hall–Kier alpha value is -0.540. The van der Waals surface area contributed by atoms with Crippen LogP contribution in [0.2, 0.25) is 5.15 Å². The molecule has 15 heavy (non-hydrogen) atoms. The summed E-state index contributed by atoms with van der Waals surface area (Å²) in [5.41, 5.74) is 7.16. The number of aromatic nitrogens is 2. The molecule has 0 amide bonds. The van der Waals surface area contributed by atoms with Gasteiger partial charge in [-0.3, -0.25) is 0 Å². The zero-order valence-corrected chi connectivity index (χ0v) is 10.3. The number of halogens is 1. The van der Waals surface area contributed by atoms with Crippen LogP contribution in [0.3, 0.4) is 0 Å². The third kappa shape index (κ3) is 1.91. The predicted molar refractivity (Wildman–Crippen MR) is 62.2 cm³/mol. The van der Waals surface area contributed by atoms with Gasteiger partial charge in [0.25, 0.3) is 0 Å². The van der Waals surface area contributed by atoms with E-state index >= 15 is 0 Å². The van der Waals surface area contributed by atoms with Gasteiger partial charge in [-0.05, 0) is 12.8 Å². The summed E-state index contributed by atoms with van der Waals surface area (Å²) in [6.07, 6.45) is 1.96. The highest BCUT2D eigenvalue weighted by Crippen LogP contribution is 2.30. The van der Waals surface area contributed by atoms with Crippen molar-refractivity contribution in [3.05, 3.63) is 16.7 Å². The monoisotopic (exact) mass is 227 g/mol. The van der Waals surface area contributed by atoms with E-state index in [0.29, 0.717) is 5.15 Å². The number of nitrogens with zero attached hydrogens (tertiary/aromatic N) is 2. The lowest BCUT2D eigenvalue weighted by molar-refractivity contribution is 0.415. The first kappa shape index (κ1) is 11.0. The van der Waals surface area contributed by atoms with Gasteiger partial charge in [0.05, 0.1) is 5.69 Å². The van der Waals surface area contributed by atoms with E-state index in [0.717, 1.165) is 30.9 Å². The molecule has 0 bridgehead atoms. The minimum absolute atomic E-state index is 0.0267. The first-order valence-electron chi connectivity index (χ1n) is 5.40. The van der Waals surface area contributed by atoms with Crippen molar-refractivity contribution in [2.75, 3.05) is 0 Å². The molecule has 3 nitrogen and oxygen atoms in total. The van der Waals surface area contributed by atoms with Gasteiger partial charge in [0.1, 0.15) is 5.82 Å². The fourth-order valence-electron chi connectivity index (χ4n) is 2.11. The minimum atomic E-state index is 0.0267. The van der Waals surface area contributed by atoms with Crippen LogP contribution in [-0.4, -0.2) is 15.6 Å². The molecule has 0 aliphatic carbocycles. The van der Waals surface area contributed by atoms with Gasteiger partial charge in [-0.2, -0.15) is 0 Å². The van der Waals surface area contributed by atoms with Gasteiger partial charge < -0.3 is 10.3 Å². The van der Waals surface area contributed by atoms with Gasteiger partial charge in [0.2, 0.25) is 0 Å². The molecule has 84 valence electrons. The van der Waals surface area contributed by atoms with Crippen LogP contribution in [0.4, 0.5) is 0 Å². The van der Waals surface area contributed by atoms with Crippen molar-refractivity contribution in [3.63, 3.8) is 0 Å². The fraction of sp³-hybridized carbons (Fsp3) is 0.727. The minimum Gasteiger partial charge on any atom is -0.329 e. The maximum Gasteiger partial charge on any atom is 0.150 e. The average Bonchev–Trinajstić information content (AvgIpc) is 2.42. The van der Waals surface area contributed by atoms with Crippen LogP contribution in [-0.2, 0) is 18.4 Å². The Morgan fingerprint density at radius 3 is 2.73 bits per heavy atom. The van der Waals surface area contributed by atoms with Crippen LogP contribution in [0.5, 0.6) is 0 Å². The molecule has 1 unspecified atom stereocenters. The van der Waals surface area contributed by atoms with Crippen molar-refractivity contribution < 1.29 is 0 Å². The Bertz CT molecular complexity index is 376. The van der Waals surface area contributed by atoms with Gasteiger partial charge in [-0.15, -0.1) is 0 Å². The second-order valence-corrected chi connectivity index (χ2v) is 5.69. The van der Waals surface area contributed by atoms with Crippen molar-refractivity contribution in [1.29, 1.82) is 0 Å². The fourth-order valence-corrected chi connectivity index (χ4v) is 2.39. The lowest BCUT2D eigenvalue weighted by Crippen LogP contribution is -2.34. The summed E-state index contributed by atoms with van der Waals surface area (Å²) in [5, 5.41) is 0.659. The van der Waals surface area contributed by atoms with Gasteiger partial charge in [-0.25, -0.2) is 4.98 Å². The number of hydrogen-bond donors (Lipinski definition) is 1. The van der Waals surface area contributed by atoms with Crippen LogP contribution < -0.4 is 5.73 Å². The van der Waals surface area contributed by atoms with Crippen molar-refractivity contribution in [3.8, 4) is 0 Å². The van der Waals surface area contributed by atoms with Crippen molar-refractivity contribution >= 4 is 11.6 Å². The third-order valence-electron chi connectivity index (χ3n) is 2.86. The summed E-state index contributed by atoms with van der Waals surface area (Å²) in [7, 11) is 0. The van der Waals surface area contributed by atoms with E-state index in [-0.39, 0.29) is 11.5 Å². The van der Waals surface area contributed by atoms with E-state index < -0.39 is 0 Å². The second kappa shape index (κ2) is 3.49. The first-order valence-corrected chi connectivity index (χ1v) is 5.78. The number of fused-ring (bicyclic) bond motifs is 1. The second-order valence-electron chi connectivity index (χ2n) is 5.33. The number of rotatable bonds is 0. The maximum absolute atomic E-state index is 6.14. The largest absolute Gasteiger partial charge is 0.329 e. The highest BCUT2D eigenvalue weighted by molar-refractivity contribution is 6.30. The summed E-state index contributed by atoms with van der Waals surface area (Å²) >= 11 is 6.14. The van der Waals surface area contributed by atoms with E-state index in [1.807, 2.05) is 0 Å². The van der Waals surface area contributed by atoms with E-state index in [9.17, 15) is 0 Å². The Morgan fingerprint density at radius 2 is 2.13 bits per heavy atom.